The van der Waals surface area contributed by atoms with Crippen LogP contribution in [0.3, 0.4) is 0 Å². The molecule has 13 aromatic carbocycles. The first-order valence-electron chi connectivity index (χ1n) is 28.6. The Kier molecular flexibility index (Phi) is 9.73. The third-order valence-corrected chi connectivity index (χ3v) is 17.7. The molecule has 18 aromatic rings. The summed E-state index contributed by atoms with van der Waals surface area (Å²) in [6.07, 6.45) is 0. The molecular formula is C78H49N5. The minimum Gasteiger partial charge on any atom is -0.309 e. The Morgan fingerprint density at radius 2 is 0.422 bits per heavy atom. The molecule has 83 heavy (non-hydrogen) atoms. The second-order valence-corrected chi connectivity index (χ2v) is 21.9. The SMILES string of the molecule is c1ccc(-n2c3ccccc3c3ccccc32)c(-c2cccc(-c3cccc(-n4c5ccccc5c5ccccc54)c3-n3c4ccccc4c4cc(-n5c6ccccc6c6ccccc65)ccc43)c2-n2c3ccccc3c3ccccc32)c1. The molecule has 0 aliphatic rings. The Morgan fingerprint density at radius 3 is 0.855 bits per heavy atom. The van der Waals surface area contributed by atoms with Crippen molar-refractivity contribution in [3.05, 3.63) is 297 Å². The highest BCUT2D eigenvalue weighted by Gasteiger charge is 2.28. The van der Waals surface area contributed by atoms with Crippen LogP contribution in [0.2, 0.25) is 0 Å². The second-order valence-electron chi connectivity index (χ2n) is 21.9. The lowest BCUT2D eigenvalue weighted by molar-refractivity contribution is 1.09. The lowest BCUT2D eigenvalue weighted by Gasteiger charge is -2.25. The molecule has 0 fully saturated rings. The van der Waals surface area contributed by atoms with E-state index in [0.29, 0.717) is 0 Å². The fourth-order valence-corrected chi connectivity index (χ4v) is 14.3. The summed E-state index contributed by atoms with van der Waals surface area (Å²) >= 11 is 0. The molecule has 18 rings (SSSR count). The van der Waals surface area contributed by atoms with Gasteiger partial charge >= 0.3 is 0 Å². The van der Waals surface area contributed by atoms with Gasteiger partial charge in [0, 0.05) is 81.8 Å². The van der Waals surface area contributed by atoms with E-state index < -0.39 is 0 Å². The molecule has 0 radical (unpaired) electrons. The third kappa shape index (κ3) is 6.47. The number of fused-ring (bicyclic) bond motifs is 15. The fourth-order valence-electron chi connectivity index (χ4n) is 14.3. The average molecular weight is 1060 g/mol. The van der Waals surface area contributed by atoms with Crippen molar-refractivity contribution in [1.82, 2.24) is 22.8 Å². The molecule has 0 atom stereocenters. The Morgan fingerprint density at radius 1 is 0.157 bits per heavy atom. The molecule has 5 aromatic heterocycles. The lowest BCUT2D eigenvalue weighted by Crippen LogP contribution is -2.08. The first kappa shape index (κ1) is 45.7. The van der Waals surface area contributed by atoms with Gasteiger partial charge in [-0.3, -0.25) is 0 Å². The zero-order valence-corrected chi connectivity index (χ0v) is 45.0. The number of hydrogen-bond donors (Lipinski definition) is 0. The van der Waals surface area contributed by atoms with E-state index in [1.165, 1.54) is 75.9 Å². The van der Waals surface area contributed by atoms with Gasteiger partial charge in [-0.1, -0.05) is 212 Å². The van der Waals surface area contributed by atoms with Crippen molar-refractivity contribution in [2.75, 3.05) is 0 Å². The quantitative estimate of drug-likeness (QED) is 0.152. The van der Waals surface area contributed by atoms with Crippen molar-refractivity contribution in [2.45, 2.75) is 0 Å². The maximum absolute atomic E-state index is 2.57. The number of rotatable bonds is 7. The molecule has 0 aliphatic carbocycles. The lowest BCUT2D eigenvalue weighted by atomic mass is 9.92. The summed E-state index contributed by atoms with van der Waals surface area (Å²) in [4.78, 5) is 0. The van der Waals surface area contributed by atoms with Crippen LogP contribution in [-0.4, -0.2) is 22.8 Å². The highest BCUT2D eigenvalue weighted by atomic mass is 15.1. The van der Waals surface area contributed by atoms with E-state index in [1.54, 1.807) is 0 Å². The van der Waals surface area contributed by atoms with Crippen LogP contribution in [0.5, 0.6) is 0 Å². The van der Waals surface area contributed by atoms with Crippen LogP contribution in [0, 0.1) is 0 Å². The van der Waals surface area contributed by atoms with Crippen molar-refractivity contribution < 1.29 is 0 Å². The average Bonchev–Trinajstić information content (AvgIpc) is 2.97. The molecular weight excluding hydrogens is 1010 g/mol. The van der Waals surface area contributed by atoms with Gasteiger partial charge in [0.2, 0.25) is 0 Å². The predicted molar refractivity (Wildman–Crippen MR) is 349 cm³/mol. The van der Waals surface area contributed by atoms with E-state index in [4.69, 9.17) is 0 Å². The molecule has 0 unspecified atom stereocenters. The van der Waals surface area contributed by atoms with Gasteiger partial charge in [0.1, 0.15) is 0 Å². The highest BCUT2D eigenvalue weighted by Crippen LogP contribution is 2.49. The summed E-state index contributed by atoms with van der Waals surface area (Å²) in [5.41, 5.74) is 21.5. The van der Waals surface area contributed by atoms with Crippen LogP contribution in [0.1, 0.15) is 0 Å². The molecule has 5 nitrogen and oxygen atoms in total. The molecule has 0 spiro atoms. The molecule has 0 N–H and O–H groups in total. The molecule has 0 saturated carbocycles. The Labute approximate surface area is 477 Å². The number of benzene rings is 13. The van der Waals surface area contributed by atoms with Gasteiger partial charge in [0.15, 0.2) is 0 Å². The van der Waals surface area contributed by atoms with Gasteiger partial charge < -0.3 is 22.8 Å². The van der Waals surface area contributed by atoms with Crippen molar-refractivity contribution >= 4 is 109 Å². The first-order valence-corrected chi connectivity index (χ1v) is 28.6. The van der Waals surface area contributed by atoms with Crippen LogP contribution < -0.4 is 0 Å². The third-order valence-electron chi connectivity index (χ3n) is 17.7. The molecule has 386 valence electrons. The van der Waals surface area contributed by atoms with Crippen LogP contribution in [0.15, 0.2) is 297 Å². The summed E-state index contributed by atoms with van der Waals surface area (Å²) in [5, 5.41) is 12.2. The number of nitrogens with zero attached hydrogens (tertiary/aromatic N) is 5. The summed E-state index contributed by atoms with van der Waals surface area (Å²) in [7, 11) is 0. The van der Waals surface area contributed by atoms with Crippen LogP contribution >= 0.6 is 0 Å². The second kappa shape index (κ2) is 17.7. The van der Waals surface area contributed by atoms with Gasteiger partial charge in [0.25, 0.3) is 0 Å². The standard InChI is InChI=1S/C78H49N5/c1-11-36-65-51(23-1)52-24-2-12-37-66(52)79(65)50-47-48-75-64(49-50)60-32-10-20-45-74(60)83(75)78-63(35-22-46-76(78)81-69-40-15-5-27-55(69)56-28-6-16-41-70(56)81)62-34-21-33-61(77(62)82-72-43-18-7-29-57(72)58-30-8-19-44-73(58)82)59-31-9-17-42-71(59)80-67-38-13-3-25-53(67)54-26-4-14-39-68(54)80/h1-49H. The zero-order chi connectivity index (χ0) is 54.3. The molecule has 0 saturated heterocycles. The number of para-hydroxylation sites is 12. The van der Waals surface area contributed by atoms with Gasteiger partial charge in [-0.25, -0.2) is 0 Å². The normalized spacial score (nSPS) is 12.1. The summed E-state index contributed by atoms with van der Waals surface area (Å²) in [6, 6.07) is 110. The van der Waals surface area contributed by atoms with Gasteiger partial charge in [-0.2, -0.15) is 0 Å². The Balaban J connectivity index is 0.998. The minimum atomic E-state index is 1.08. The molecule has 5 heterocycles. The van der Waals surface area contributed by atoms with E-state index in [1.807, 2.05) is 0 Å². The van der Waals surface area contributed by atoms with Gasteiger partial charge in [-0.05, 0) is 84.9 Å². The maximum Gasteiger partial charge on any atom is 0.0782 e. The summed E-state index contributed by atoms with van der Waals surface area (Å²) in [5.74, 6) is 0. The zero-order valence-electron chi connectivity index (χ0n) is 45.0. The van der Waals surface area contributed by atoms with Gasteiger partial charge in [0.05, 0.1) is 77.9 Å². The van der Waals surface area contributed by atoms with E-state index in [9.17, 15) is 0 Å². The summed E-state index contributed by atoms with van der Waals surface area (Å²) < 4.78 is 12.6. The van der Waals surface area contributed by atoms with Gasteiger partial charge in [-0.15, -0.1) is 0 Å². The van der Waals surface area contributed by atoms with E-state index in [0.717, 1.165) is 83.8 Å². The van der Waals surface area contributed by atoms with Crippen molar-refractivity contribution in [2.24, 2.45) is 0 Å². The molecule has 0 amide bonds. The fraction of sp³-hybridized carbons (Fsp3) is 0. The van der Waals surface area contributed by atoms with E-state index in [-0.39, 0.29) is 0 Å². The smallest absolute Gasteiger partial charge is 0.0782 e. The number of aromatic nitrogens is 5. The maximum atomic E-state index is 2.57. The topological polar surface area (TPSA) is 24.6 Å². The predicted octanol–water partition coefficient (Wildman–Crippen LogP) is 20.5. The Hall–Kier alpha value is -11.1. The first-order chi connectivity index (χ1) is 41.3. The number of hydrogen-bond acceptors (Lipinski definition) is 0. The monoisotopic (exact) mass is 1060 g/mol. The summed E-state index contributed by atoms with van der Waals surface area (Å²) in [6.45, 7) is 0. The van der Waals surface area contributed by atoms with E-state index >= 15 is 0 Å². The van der Waals surface area contributed by atoms with Crippen LogP contribution in [-0.2, 0) is 0 Å². The van der Waals surface area contributed by atoms with Crippen molar-refractivity contribution in [1.29, 1.82) is 0 Å². The van der Waals surface area contributed by atoms with Crippen LogP contribution in [0.4, 0.5) is 0 Å². The highest BCUT2D eigenvalue weighted by molar-refractivity contribution is 6.16. The largest absolute Gasteiger partial charge is 0.309 e. The van der Waals surface area contributed by atoms with E-state index in [2.05, 4.69) is 320 Å². The molecule has 0 aliphatic heterocycles. The molecule has 0 bridgehead atoms. The Bertz CT molecular complexity index is 5500. The van der Waals surface area contributed by atoms with Crippen LogP contribution in [0.25, 0.3) is 160 Å². The van der Waals surface area contributed by atoms with Crippen molar-refractivity contribution in [3.63, 3.8) is 0 Å². The van der Waals surface area contributed by atoms with Crippen molar-refractivity contribution in [3.8, 4) is 50.7 Å². The minimum absolute atomic E-state index is 1.08. The molecule has 5 heteroatoms.